The summed E-state index contributed by atoms with van der Waals surface area (Å²) >= 11 is 0. The number of pyridine rings is 1. The Balaban J connectivity index is 0.000000868. The van der Waals surface area contributed by atoms with E-state index in [0.29, 0.717) is 31.0 Å². The molecule has 10 nitrogen and oxygen atoms in total. The zero-order chi connectivity index (χ0) is 24.2. The number of nitrogen functional groups attached to an aromatic ring is 1. The maximum Gasteiger partial charge on any atom is 0.290 e. The molecular weight excluding hydrogens is 436 g/mol. The Morgan fingerprint density at radius 1 is 1.18 bits per heavy atom. The first-order valence-electron chi connectivity index (χ1n) is 11.8. The highest BCUT2D eigenvalue weighted by molar-refractivity contribution is 5.92. The molecule has 0 aliphatic carbocycles. The van der Waals surface area contributed by atoms with Crippen molar-refractivity contribution in [1.82, 2.24) is 24.3 Å². The molecule has 1 amide bonds. The van der Waals surface area contributed by atoms with Crippen molar-refractivity contribution >= 4 is 18.3 Å². The van der Waals surface area contributed by atoms with Crippen molar-refractivity contribution in [2.24, 2.45) is 5.92 Å². The van der Waals surface area contributed by atoms with Gasteiger partial charge < -0.3 is 20.3 Å². The van der Waals surface area contributed by atoms with Crippen LogP contribution < -0.4 is 11.3 Å². The van der Waals surface area contributed by atoms with Crippen LogP contribution in [0.25, 0.3) is 0 Å². The molecule has 5 heterocycles. The number of hydrogen-bond donors (Lipinski definition) is 2. The first kappa shape index (κ1) is 23.9. The van der Waals surface area contributed by atoms with Gasteiger partial charge in [0.05, 0.1) is 0 Å². The van der Waals surface area contributed by atoms with Gasteiger partial charge in [0, 0.05) is 49.0 Å². The number of nitrogens with zero attached hydrogens (tertiary/aromatic N) is 5. The molecule has 34 heavy (non-hydrogen) atoms. The van der Waals surface area contributed by atoms with Gasteiger partial charge in [0.2, 0.25) is 5.95 Å². The molecule has 0 aromatic carbocycles. The van der Waals surface area contributed by atoms with E-state index < -0.39 is 0 Å². The van der Waals surface area contributed by atoms with Crippen LogP contribution in [0.15, 0.2) is 23.0 Å². The van der Waals surface area contributed by atoms with E-state index in [-0.39, 0.29) is 35.7 Å². The highest BCUT2D eigenvalue weighted by Crippen LogP contribution is 2.35. The van der Waals surface area contributed by atoms with Gasteiger partial charge in [-0.15, -0.1) is 0 Å². The Bertz CT molecular complexity index is 1090. The summed E-state index contributed by atoms with van der Waals surface area (Å²) in [6.45, 7) is 6.38. The van der Waals surface area contributed by atoms with E-state index in [0.717, 1.165) is 37.3 Å². The zero-order valence-electron chi connectivity index (χ0n) is 19.5. The van der Waals surface area contributed by atoms with Crippen LogP contribution in [0.1, 0.15) is 59.0 Å². The molecule has 2 saturated heterocycles. The van der Waals surface area contributed by atoms with E-state index in [4.69, 9.17) is 15.6 Å². The van der Waals surface area contributed by atoms with Gasteiger partial charge in [0.1, 0.15) is 5.69 Å². The highest BCUT2D eigenvalue weighted by Gasteiger charge is 2.37. The van der Waals surface area contributed by atoms with Crippen molar-refractivity contribution in [2.45, 2.75) is 51.6 Å². The van der Waals surface area contributed by atoms with Crippen molar-refractivity contribution in [1.29, 1.82) is 0 Å². The summed E-state index contributed by atoms with van der Waals surface area (Å²) in [5, 5.41) is 6.89. The lowest BCUT2D eigenvalue weighted by molar-refractivity contribution is -0.122. The van der Waals surface area contributed by atoms with E-state index in [2.05, 4.69) is 20.9 Å². The lowest BCUT2D eigenvalue weighted by atomic mass is 9.82. The van der Waals surface area contributed by atoms with Crippen LogP contribution in [0.2, 0.25) is 0 Å². The van der Waals surface area contributed by atoms with Gasteiger partial charge >= 0.3 is 0 Å². The summed E-state index contributed by atoms with van der Waals surface area (Å²) in [4.78, 5) is 47.2. The third kappa shape index (κ3) is 5.11. The molecule has 10 heteroatoms. The number of likely N-dealkylation sites (tertiary alicyclic amines) is 2. The minimum absolute atomic E-state index is 0.107. The first-order valence-corrected chi connectivity index (χ1v) is 11.8. The number of carbonyl (C=O) groups is 2. The molecule has 2 fully saturated rings. The molecular formula is C24H32N6O4. The van der Waals surface area contributed by atoms with E-state index in [1.54, 1.807) is 6.07 Å². The summed E-state index contributed by atoms with van der Waals surface area (Å²) in [6, 6.07) is 5.81. The van der Waals surface area contributed by atoms with Crippen LogP contribution in [0.5, 0.6) is 0 Å². The van der Waals surface area contributed by atoms with Crippen molar-refractivity contribution in [3.8, 4) is 0 Å². The fraction of sp³-hybridized carbons (Fsp3) is 0.542. The Labute approximate surface area is 198 Å². The highest BCUT2D eigenvalue weighted by atomic mass is 16.3. The molecule has 2 bridgehead atoms. The van der Waals surface area contributed by atoms with Crippen LogP contribution in [-0.2, 0) is 17.9 Å². The molecule has 182 valence electrons. The summed E-state index contributed by atoms with van der Waals surface area (Å²) in [6.07, 6.45) is 4.74. The average Bonchev–Trinajstić information content (AvgIpc) is 2.81. The quantitative estimate of drug-likeness (QED) is 0.647. The van der Waals surface area contributed by atoms with Crippen LogP contribution in [0, 0.1) is 12.8 Å². The van der Waals surface area contributed by atoms with Crippen LogP contribution in [0.3, 0.4) is 0 Å². The van der Waals surface area contributed by atoms with E-state index in [1.165, 1.54) is 19.3 Å². The number of hydrogen-bond acceptors (Lipinski definition) is 7. The lowest BCUT2D eigenvalue weighted by Gasteiger charge is -2.43. The summed E-state index contributed by atoms with van der Waals surface area (Å²) in [5.41, 5.74) is 8.88. The normalized spacial score (nSPS) is 21.7. The maximum atomic E-state index is 13.3. The number of amides is 1. The van der Waals surface area contributed by atoms with Gasteiger partial charge in [-0.3, -0.25) is 19.3 Å². The number of aromatic nitrogens is 3. The summed E-state index contributed by atoms with van der Waals surface area (Å²) in [7, 11) is 0. The number of aryl methyl sites for hydroxylation is 1. The second-order valence-electron chi connectivity index (χ2n) is 9.40. The Hall–Kier alpha value is -3.27. The number of piperidine rings is 2. The number of carboxylic acid groups (broad SMARTS) is 1. The SMILES string of the molecule is Cc1cc(C(=O)N2C[C@@H]3C[C@H](C2)c2ccc(CN4CCCCC4)c(=O)n2C3)nc(N)n1.O=CO. The number of fused-ring (bicyclic) bond motifs is 4. The molecule has 2 atom stereocenters. The maximum absolute atomic E-state index is 13.3. The van der Waals surface area contributed by atoms with Crippen molar-refractivity contribution in [2.75, 3.05) is 31.9 Å². The molecule has 0 spiro atoms. The van der Waals surface area contributed by atoms with Gasteiger partial charge in [-0.1, -0.05) is 12.5 Å². The number of rotatable bonds is 3. The van der Waals surface area contributed by atoms with E-state index >= 15 is 0 Å². The minimum Gasteiger partial charge on any atom is -0.483 e. The predicted octanol–water partition coefficient (Wildman–Crippen LogP) is 1.48. The first-order chi connectivity index (χ1) is 16.4. The van der Waals surface area contributed by atoms with Crippen LogP contribution >= 0.6 is 0 Å². The van der Waals surface area contributed by atoms with E-state index in [1.807, 2.05) is 22.5 Å². The van der Waals surface area contributed by atoms with E-state index in [9.17, 15) is 9.59 Å². The predicted molar refractivity (Wildman–Crippen MR) is 126 cm³/mol. The minimum atomic E-state index is -0.250. The Kier molecular flexibility index (Phi) is 7.26. The van der Waals surface area contributed by atoms with Gasteiger partial charge in [0.25, 0.3) is 17.9 Å². The fourth-order valence-electron chi connectivity index (χ4n) is 5.50. The number of carbonyl (C=O) groups excluding carboxylic acids is 1. The number of anilines is 1. The van der Waals surface area contributed by atoms with Gasteiger partial charge in [-0.25, -0.2) is 9.97 Å². The lowest BCUT2D eigenvalue weighted by Crippen LogP contribution is -2.49. The third-order valence-electron chi connectivity index (χ3n) is 6.90. The fourth-order valence-corrected chi connectivity index (χ4v) is 5.50. The third-order valence-corrected chi connectivity index (χ3v) is 6.90. The van der Waals surface area contributed by atoms with Gasteiger partial charge in [0.15, 0.2) is 0 Å². The average molecular weight is 469 g/mol. The molecule has 3 N–H and O–H groups in total. The summed E-state index contributed by atoms with van der Waals surface area (Å²) in [5.74, 6) is 0.468. The molecule has 5 rings (SSSR count). The van der Waals surface area contributed by atoms with Crippen molar-refractivity contribution < 1.29 is 14.7 Å². The van der Waals surface area contributed by atoms with Crippen LogP contribution in [-0.4, -0.2) is 68.0 Å². The molecule has 3 aliphatic rings. The Morgan fingerprint density at radius 2 is 1.91 bits per heavy atom. The number of nitrogens with two attached hydrogens (primary N) is 1. The van der Waals surface area contributed by atoms with Crippen molar-refractivity contribution in [3.05, 3.63) is 51.2 Å². The van der Waals surface area contributed by atoms with Crippen molar-refractivity contribution in [3.63, 3.8) is 0 Å². The second kappa shape index (κ2) is 10.3. The summed E-state index contributed by atoms with van der Waals surface area (Å²) < 4.78 is 1.98. The molecule has 0 radical (unpaired) electrons. The largest absolute Gasteiger partial charge is 0.483 e. The molecule has 0 unspecified atom stereocenters. The molecule has 2 aromatic rings. The molecule has 0 saturated carbocycles. The molecule has 2 aromatic heterocycles. The van der Waals surface area contributed by atoms with Gasteiger partial charge in [-0.05, 0) is 57.3 Å². The zero-order valence-corrected chi connectivity index (χ0v) is 19.5. The Morgan fingerprint density at radius 3 is 2.62 bits per heavy atom. The standard InChI is InChI=1S/C23H30N6O2.CH2O2/c1-15-9-19(26-23(24)25-15)22(31)28-11-16-10-18(14-28)20-6-5-17(21(30)29(20)12-16)13-27-7-3-2-4-8-27;2-1-3/h5-6,9,16,18H,2-4,7-8,10-14H2,1H3,(H2,24,25,26);1H,(H,2,3)/t16-,18+;/m0./s1. The smallest absolute Gasteiger partial charge is 0.290 e. The topological polar surface area (TPSA) is 135 Å². The second-order valence-corrected chi connectivity index (χ2v) is 9.40. The monoisotopic (exact) mass is 468 g/mol. The van der Waals surface area contributed by atoms with Crippen LogP contribution in [0.4, 0.5) is 5.95 Å². The van der Waals surface area contributed by atoms with Gasteiger partial charge in [-0.2, -0.15) is 0 Å². The molecule has 3 aliphatic heterocycles.